The van der Waals surface area contributed by atoms with Crippen molar-refractivity contribution in [1.82, 2.24) is 0 Å². The molecule has 94 valence electrons. The van der Waals surface area contributed by atoms with E-state index in [-0.39, 0.29) is 0 Å². The van der Waals surface area contributed by atoms with Gasteiger partial charge in [0.1, 0.15) is 0 Å². The Bertz CT molecular complexity index is 567. The lowest BCUT2D eigenvalue weighted by atomic mass is 10.2. The maximum absolute atomic E-state index is 6.15. The van der Waals surface area contributed by atoms with Crippen LogP contribution in [-0.2, 0) is 6.54 Å². The lowest BCUT2D eigenvalue weighted by molar-refractivity contribution is 1.15. The van der Waals surface area contributed by atoms with Crippen LogP contribution < -0.4 is 5.32 Å². The molecule has 0 saturated carbocycles. The van der Waals surface area contributed by atoms with E-state index in [9.17, 15) is 0 Å². The van der Waals surface area contributed by atoms with Crippen molar-refractivity contribution in [3.8, 4) is 0 Å². The molecule has 2 aromatic rings. The zero-order valence-corrected chi connectivity index (χ0v) is 12.1. The molecule has 4 heteroatoms. The number of hydrogen-bond acceptors (Lipinski definition) is 1. The van der Waals surface area contributed by atoms with Crippen molar-refractivity contribution in [3.63, 3.8) is 0 Å². The average molecular weight is 301 g/mol. The van der Waals surface area contributed by atoms with Crippen molar-refractivity contribution in [2.24, 2.45) is 0 Å². The topological polar surface area (TPSA) is 12.0 Å². The Labute approximate surface area is 122 Å². The van der Waals surface area contributed by atoms with Crippen LogP contribution >= 0.6 is 34.8 Å². The van der Waals surface area contributed by atoms with E-state index in [2.05, 4.69) is 5.32 Å². The minimum atomic E-state index is 0.561. The van der Waals surface area contributed by atoms with E-state index >= 15 is 0 Å². The summed E-state index contributed by atoms with van der Waals surface area (Å²) >= 11 is 18.2. The highest BCUT2D eigenvalue weighted by Crippen LogP contribution is 2.28. The van der Waals surface area contributed by atoms with Gasteiger partial charge < -0.3 is 5.32 Å². The molecule has 0 fully saturated rings. The van der Waals surface area contributed by atoms with E-state index < -0.39 is 0 Å². The molecule has 1 nitrogen and oxygen atoms in total. The van der Waals surface area contributed by atoms with Crippen molar-refractivity contribution in [2.75, 3.05) is 5.32 Å². The molecule has 0 unspecified atom stereocenters. The minimum absolute atomic E-state index is 0.561. The highest BCUT2D eigenvalue weighted by Gasteiger charge is 2.05. The predicted molar refractivity (Wildman–Crippen MR) is 80.0 cm³/mol. The lowest BCUT2D eigenvalue weighted by Crippen LogP contribution is -2.00. The van der Waals surface area contributed by atoms with Crippen molar-refractivity contribution in [2.45, 2.75) is 13.5 Å². The van der Waals surface area contributed by atoms with Crippen LogP contribution in [0.25, 0.3) is 0 Å². The third-order valence-corrected chi connectivity index (χ3v) is 3.80. The van der Waals surface area contributed by atoms with Gasteiger partial charge in [0.15, 0.2) is 0 Å². The predicted octanol–water partition coefficient (Wildman–Crippen LogP) is 5.57. The second-order valence-corrected chi connectivity index (χ2v) is 5.24. The third kappa shape index (κ3) is 3.11. The van der Waals surface area contributed by atoms with Gasteiger partial charge in [-0.05, 0) is 36.2 Å². The molecular formula is C14H12Cl3N. The molecule has 0 amide bonds. The number of anilines is 1. The molecule has 18 heavy (non-hydrogen) atoms. The second kappa shape index (κ2) is 5.83. The maximum atomic E-state index is 6.15. The van der Waals surface area contributed by atoms with E-state index in [1.165, 1.54) is 0 Å². The van der Waals surface area contributed by atoms with Crippen LogP contribution in [0.15, 0.2) is 36.4 Å². The summed E-state index contributed by atoms with van der Waals surface area (Å²) in [7, 11) is 0. The SMILES string of the molecule is Cc1ccc(NCc2cccc(Cl)c2Cl)c(Cl)c1. The van der Waals surface area contributed by atoms with Gasteiger partial charge in [-0.2, -0.15) is 0 Å². The standard InChI is InChI=1S/C14H12Cl3N/c1-9-5-6-13(12(16)7-9)18-8-10-3-2-4-11(15)14(10)17/h2-7,18H,8H2,1H3. The third-order valence-electron chi connectivity index (χ3n) is 2.63. The molecule has 0 aliphatic carbocycles. The normalized spacial score (nSPS) is 10.4. The Morgan fingerprint density at radius 3 is 2.50 bits per heavy atom. The van der Waals surface area contributed by atoms with Gasteiger partial charge in [-0.3, -0.25) is 0 Å². The fraction of sp³-hybridized carbons (Fsp3) is 0.143. The molecule has 2 aromatic carbocycles. The van der Waals surface area contributed by atoms with Crippen molar-refractivity contribution >= 4 is 40.5 Å². The fourth-order valence-corrected chi connectivity index (χ4v) is 2.33. The van der Waals surface area contributed by atoms with Gasteiger partial charge in [0.05, 0.1) is 20.8 Å². The molecule has 0 bridgehead atoms. The van der Waals surface area contributed by atoms with Crippen LogP contribution in [0, 0.1) is 6.92 Å². The largest absolute Gasteiger partial charge is 0.380 e. The summed E-state index contributed by atoms with van der Waals surface area (Å²) < 4.78 is 0. The van der Waals surface area contributed by atoms with Gasteiger partial charge in [-0.15, -0.1) is 0 Å². The first kappa shape index (κ1) is 13.5. The zero-order chi connectivity index (χ0) is 13.1. The summed E-state index contributed by atoms with van der Waals surface area (Å²) in [5.74, 6) is 0. The summed E-state index contributed by atoms with van der Waals surface area (Å²) in [5, 5.41) is 5.09. The second-order valence-electron chi connectivity index (χ2n) is 4.05. The van der Waals surface area contributed by atoms with Gasteiger partial charge >= 0.3 is 0 Å². The van der Waals surface area contributed by atoms with Crippen LogP contribution in [0.5, 0.6) is 0 Å². The fourth-order valence-electron chi connectivity index (χ4n) is 1.64. The first-order valence-corrected chi connectivity index (χ1v) is 6.64. The molecule has 0 aliphatic heterocycles. The Balaban J connectivity index is 2.14. The van der Waals surface area contributed by atoms with Crippen LogP contribution in [-0.4, -0.2) is 0 Å². The summed E-state index contributed by atoms with van der Waals surface area (Å²) in [5.41, 5.74) is 2.96. The minimum Gasteiger partial charge on any atom is -0.380 e. The van der Waals surface area contributed by atoms with E-state index in [4.69, 9.17) is 34.8 Å². The van der Waals surface area contributed by atoms with Gasteiger partial charge in [-0.25, -0.2) is 0 Å². The molecule has 1 N–H and O–H groups in total. The number of halogens is 3. The highest BCUT2D eigenvalue weighted by atomic mass is 35.5. The maximum Gasteiger partial charge on any atom is 0.0642 e. The number of aryl methyl sites for hydroxylation is 1. The number of rotatable bonds is 3. The van der Waals surface area contributed by atoms with Gasteiger partial charge in [0.25, 0.3) is 0 Å². The monoisotopic (exact) mass is 299 g/mol. The first-order chi connectivity index (χ1) is 8.58. The molecule has 0 spiro atoms. The van der Waals surface area contributed by atoms with Gasteiger partial charge in [0.2, 0.25) is 0 Å². The Morgan fingerprint density at radius 1 is 1.00 bits per heavy atom. The van der Waals surface area contributed by atoms with E-state index in [1.54, 1.807) is 6.07 Å². The van der Waals surface area contributed by atoms with Crippen LogP contribution in [0.1, 0.15) is 11.1 Å². The van der Waals surface area contributed by atoms with Gasteiger partial charge in [-0.1, -0.05) is 53.0 Å². The molecule has 0 saturated heterocycles. The summed E-state index contributed by atoms with van der Waals surface area (Å²) in [6, 6.07) is 11.5. The molecular weight excluding hydrogens is 289 g/mol. The molecule has 0 atom stereocenters. The number of hydrogen-bond donors (Lipinski definition) is 1. The Morgan fingerprint density at radius 2 is 1.78 bits per heavy atom. The summed E-state index contributed by atoms with van der Waals surface area (Å²) in [6.07, 6.45) is 0. The Kier molecular flexibility index (Phi) is 4.39. The first-order valence-electron chi connectivity index (χ1n) is 5.51. The van der Waals surface area contributed by atoms with Crippen LogP contribution in [0.4, 0.5) is 5.69 Å². The Hall–Kier alpha value is -0.890. The molecule has 0 aliphatic rings. The van der Waals surface area contributed by atoms with E-state index in [0.29, 0.717) is 21.6 Å². The average Bonchev–Trinajstić information content (AvgIpc) is 2.33. The quantitative estimate of drug-likeness (QED) is 0.781. The van der Waals surface area contributed by atoms with Crippen molar-refractivity contribution in [1.29, 1.82) is 0 Å². The lowest BCUT2D eigenvalue weighted by Gasteiger charge is -2.10. The van der Waals surface area contributed by atoms with Crippen LogP contribution in [0.3, 0.4) is 0 Å². The van der Waals surface area contributed by atoms with E-state index in [1.807, 2.05) is 37.3 Å². The smallest absolute Gasteiger partial charge is 0.0642 e. The summed E-state index contributed by atoms with van der Waals surface area (Å²) in [4.78, 5) is 0. The van der Waals surface area contributed by atoms with Crippen molar-refractivity contribution < 1.29 is 0 Å². The molecule has 0 heterocycles. The summed E-state index contributed by atoms with van der Waals surface area (Å²) in [6.45, 7) is 2.59. The molecule has 2 rings (SSSR count). The number of nitrogens with one attached hydrogen (secondary N) is 1. The van der Waals surface area contributed by atoms with Crippen LogP contribution in [0.2, 0.25) is 15.1 Å². The van der Waals surface area contributed by atoms with E-state index in [0.717, 1.165) is 16.8 Å². The number of benzene rings is 2. The van der Waals surface area contributed by atoms with Crippen molar-refractivity contribution in [3.05, 3.63) is 62.6 Å². The molecule has 0 radical (unpaired) electrons. The highest BCUT2D eigenvalue weighted by molar-refractivity contribution is 6.42. The van der Waals surface area contributed by atoms with Gasteiger partial charge in [0, 0.05) is 6.54 Å². The molecule has 0 aromatic heterocycles. The zero-order valence-electron chi connectivity index (χ0n) is 9.81.